The van der Waals surface area contributed by atoms with E-state index in [9.17, 15) is 4.79 Å². The van der Waals surface area contributed by atoms with Crippen molar-refractivity contribution in [2.45, 2.75) is 76.6 Å². The van der Waals surface area contributed by atoms with Crippen molar-refractivity contribution in [2.24, 2.45) is 28.6 Å². The quantitative estimate of drug-likeness (QED) is 0.629. The maximum absolute atomic E-state index is 12.0. The number of hydrogen-bond donors (Lipinski definition) is 0. The first-order chi connectivity index (χ1) is 13.4. The summed E-state index contributed by atoms with van der Waals surface area (Å²) in [6.07, 6.45) is 10.6. The predicted octanol–water partition coefficient (Wildman–Crippen LogP) is 3.96. The molecule has 0 aromatic carbocycles. The number of carbonyl (C=O) groups excluding carboxylic acids is 1. The molecule has 6 aliphatic rings. The fourth-order valence-corrected chi connectivity index (χ4v) is 8.54. The van der Waals surface area contributed by atoms with Crippen molar-refractivity contribution in [1.82, 2.24) is 0 Å². The molecule has 6 rings (SSSR count). The van der Waals surface area contributed by atoms with Gasteiger partial charge in [-0.05, 0) is 74.2 Å². The second-order valence-corrected chi connectivity index (χ2v) is 10.6. The molecule has 2 heterocycles. The zero-order valence-corrected chi connectivity index (χ0v) is 17.1. The summed E-state index contributed by atoms with van der Waals surface area (Å²) in [5.74, 6) is 1.64. The molecule has 2 saturated heterocycles. The standard InChI is InChI=1S/C23H32O5/c1-20-8-5-16(24)11-15(20)3-4-17-18(20)6-9-21(2)19(17)7-10-22(21)23(28-14-26-22)12-25-13-27-23/h11,17-19H,3-10,12-14H2,1-2H3/t17?,18?,19?,20?,21?,22-,23?/m1/s1. The highest BCUT2D eigenvalue weighted by Gasteiger charge is 2.75. The van der Waals surface area contributed by atoms with Crippen molar-refractivity contribution in [3.05, 3.63) is 11.6 Å². The number of ketones is 1. The van der Waals surface area contributed by atoms with Crippen LogP contribution < -0.4 is 0 Å². The van der Waals surface area contributed by atoms with Gasteiger partial charge in [-0.3, -0.25) is 4.79 Å². The van der Waals surface area contributed by atoms with Crippen LogP contribution >= 0.6 is 0 Å². The first-order valence-corrected chi connectivity index (χ1v) is 11.2. The first-order valence-electron chi connectivity index (χ1n) is 11.2. The van der Waals surface area contributed by atoms with Crippen LogP contribution in [0.15, 0.2) is 11.6 Å². The lowest BCUT2D eigenvalue weighted by Crippen LogP contribution is -2.63. The van der Waals surface area contributed by atoms with Crippen molar-refractivity contribution >= 4 is 5.78 Å². The molecule has 3 saturated carbocycles. The van der Waals surface area contributed by atoms with Crippen LogP contribution in [0.4, 0.5) is 0 Å². The van der Waals surface area contributed by atoms with Gasteiger partial charge in [-0.25, -0.2) is 0 Å². The average molecular weight is 389 g/mol. The Bertz CT molecular complexity index is 734. The molecular formula is C23H32O5. The van der Waals surface area contributed by atoms with Gasteiger partial charge in [-0.15, -0.1) is 0 Å². The number of rotatable bonds is 0. The number of fused-ring (bicyclic) bond motifs is 7. The minimum absolute atomic E-state index is 0.0560. The van der Waals surface area contributed by atoms with E-state index < -0.39 is 5.79 Å². The largest absolute Gasteiger partial charge is 0.350 e. The van der Waals surface area contributed by atoms with Crippen molar-refractivity contribution in [3.8, 4) is 0 Å². The lowest BCUT2D eigenvalue weighted by Gasteiger charge is -2.60. The minimum atomic E-state index is -0.718. The molecule has 2 spiro atoms. The van der Waals surface area contributed by atoms with Crippen molar-refractivity contribution < 1.29 is 23.7 Å². The van der Waals surface area contributed by atoms with Gasteiger partial charge in [-0.1, -0.05) is 19.4 Å². The van der Waals surface area contributed by atoms with E-state index in [1.165, 1.54) is 24.8 Å². The Balaban J connectivity index is 1.37. The van der Waals surface area contributed by atoms with Gasteiger partial charge in [0, 0.05) is 11.8 Å². The van der Waals surface area contributed by atoms with Crippen LogP contribution in [0.3, 0.4) is 0 Å². The predicted molar refractivity (Wildman–Crippen MR) is 101 cm³/mol. The van der Waals surface area contributed by atoms with Gasteiger partial charge in [0.2, 0.25) is 5.79 Å². The molecule has 7 atom stereocenters. The third-order valence-electron chi connectivity index (χ3n) is 9.96. The minimum Gasteiger partial charge on any atom is -0.350 e. The van der Waals surface area contributed by atoms with E-state index in [2.05, 4.69) is 13.8 Å². The van der Waals surface area contributed by atoms with Gasteiger partial charge in [-0.2, -0.15) is 0 Å². The smallest absolute Gasteiger partial charge is 0.226 e. The molecule has 0 N–H and O–H groups in total. The molecule has 0 bridgehead atoms. The molecule has 6 unspecified atom stereocenters. The molecule has 0 amide bonds. The van der Waals surface area contributed by atoms with Crippen molar-refractivity contribution in [2.75, 3.05) is 20.2 Å². The SMILES string of the molecule is CC12CCC(=O)C=C1CCC1C2CCC2(C)C1CC[C@@]21OCOC12COCO2. The summed E-state index contributed by atoms with van der Waals surface area (Å²) in [5, 5.41) is 0. The van der Waals surface area contributed by atoms with Crippen molar-refractivity contribution in [1.29, 1.82) is 0 Å². The highest BCUT2D eigenvalue weighted by molar-refractivity contribution is 5.91. The highest BCUT2D eigenvalue weighted by Crippen LogP contribution is 2.71. The Labute approximate surface area is 167 Å². The first kappa shape index (κ1) is 18.1. The second kappa shape index (κ2) is 5.69. The zero-order chi connectivity index (χ0) is 19.2. The third kappa shape index (κ3) is 1.95. The van der Waals surface area contributed by atoms with Gasteiger partial charge in [0.05, 0.1) is 0 Å². The van der Waals surface area contributed by atoms with Crippen LogP contribution in [-0.2, 0) is 23.7 Å². The molecular weight excluding hydrogens is 356 g/mol. The number of allylic oxidation sites excluding steroid dienone is 1. The van der Waals surface area contributed by atoms with Gasteiger partial charge in [0.15, 0.2) is 19.4 Å². The molecule has 5 fully saturated rings. The van der Waals surface area contributed by atoms with Crippen LogP contribution in [0.25, 0.3) is 0 Å². The molecule has 5 heteroatoms. The van der Waals surface area contributed by atoms with E-state index in [1.807, 2.05) is 6.08 Å². The topological polar surface area (TPSA) is 54.0 Å². The monoisotopic (exact) mass is 388 g/mol. The molecule has 2 aliphatic heterocycles. The summed E-state index contributed by atoms with van der Waals surface area (Å²) in [7, 11) is 0. The highest BCUT2D eigenvalue weighted by atomic mass is 16.9. The van der Waals surface area contributed by atoms with E-state index in [0.717, 1.165) is 32.1 Å². The molecule has 0 aromatic rings. The summed E-state index contributed by atoms with van der Waals surface area (Å²) in [6.45, 7) is 5.98. The summed E-state index contributed by atoms with van der Waals surface area (Å²) < 4.78 is 24.3. The Morgan fingerprint density at radius 2 is 1.75 bits per heavy atom. The zero-order valence-electron chi connectivity index (χ0n) is 17.1. The van der Waals surface area contributed by atoms with E-state index >= 15 is 0 Å². The Morgan fingerprint density at radius 3 is 2.57 bits per heavy atom. The lowest BCUT2D eigenvalue weighted by molar-refractivity contribution is -0.248. The maximum atomic E-state index is 12.0. The lowest BCUT2D eigenvalue weighted by atomic mass is 9.46. The summed E-state index contributed by atoms with van der Waals surface area (Å²) >= 11 is 0. The maximum Gasteiger partial charge on any atom is 0.226 e. The Hall–Kier alpha value is -0.750. The van der Waals surface area contributed by atoms with Gasteiger partial charge in [0.1, 0.15) is 12.2 Å². The molecule has 0 radical (unpaired) electrons. The molecule has 28 heavy (non-hydrogen) atoms. The summed E-state index contributed by atoms with van der Waals surface area (Å²) in [4.78, 5) is 12.0. The van der Waals surface area contributed by atoms with Crippen LogP contribution in [-0.4, -0.2) is 37.4 Å². The van der Waals surface area contributed by atoms with Crippen LogP contribution in [0.5, 0.6) is 0 Å². The van der Waals surface area contributed by atoms with Crippen molar-refractivity contribution in [3.63, 3.8) is 0 Å². The second-order valence-electron chi connectivity index (χ2n) is 10.6. The van der Waals surface area contributed by atoms with Gasteiger partial charge in [0.25, 0.3) is 0 Å². The number of hydrogen-bond acceptors (Lipinski definition) is 5. The normalized spacial score (nSPS) is 55.3. The fraction of sp³-hybridized carbons (Fsp3) is 0.870. The Kier molecular flexibility index (Phi) is 3.67. The molecule has 5 nitrogen and oxygen atoms in total. The van der Waals surface area contributed by atoms with Crippen LogP contribution in [0.1, 0.15) is 65.2 Å². The summed E-state index contributed by atoms with van der Waals surface area (Å²) in [6, 6.07) is 0. The van der Waals surface area contributed by atoms with E-state index in [1.54, 1.807) is 0 Å². The summed E-state index contributed by atoms with van der Waals surface area (Å²) in [5.41, 5.74) is 1.32. The fourth-order valence-electron chi connectivity index (χ4n) is 8.54. The third-order valence-corrected chi connectivity index (χ3v) is 9.96. The van der Waals surface area contributed by atoms with Gasteiger partial charge < -0.3 is 18.9 Å². The van der Waals surface area contributed by atoms with E-state index in [0.29, 0.717) is 43.7 Å². The number of ether oxygens (including phenoxy) is 4. The van der Waals surface area contributed by atoms with Crippen LogP contribution in [0, 0.1) is 28.6 Å². The van der Waals surface area contributed by atoms with Gasteiger partial charge >= 0.3 is 0 Å². The molecule has 154 valence electrons. The molecule has 0 aromatic heterocycles. The van der Waals surface area contributed by atoms with Crippen LogP contribution in [0.2, 0.25) is 0 Å². The van der Waals surface area contributed by atoms with E-state index in [4.69, 9.17) is 18.9 Å². The number of carbonyl (C=O) groups is 1. The average Bonchev–Trinajstić information content (AvgIpc) is 3.37. The Morgan fingerprint density at radius 1 is 0.929 bits per heavy atom. The molecule has 4 aliphatic carbocycles. The van der Waals surface area contributed by atoms with E-state index in [-0.39, 0.29) is 16.4 Å².